The monoisotopic (exact) mass is 350 g/mol. The van der Waals surface area contributed by atoms with Crippen molar-refractivity contribution in [2.45, 2.75) is 5.92 Å². The predicted molar refractivity (Wildman–Crippen MR) is 98.0 cm³/mol. The summed E-state index contributed by atoms with van der Waals surface area (Å²) in [7, 11) is 0. The van der Waals surface area contributed by atoms with Gasteiger partial charge in [0.05, 0.1) is 22.7 Å². The third-order valence-electron chi connectivity index (χ3n) is 3.84. The van der Waals surface area contributed by atoms with E-state index in [4.69, 9.17) is 30.6 Å². The molecule has 0 amide bonds. The molecule has 2 N–H and O–H groups in total. The Morgan fingerprint density at radius 3 is 2.54 bits per heavy atom. The van der Waals surface area contributed by atoms with Crippen LogP contribution in [0, 0.1) is 17.2 Å². The predicted octanol–water partition coefficient (Wildman–Crippen LogP) is 2.25. The highest BCUT2D eigenvalue weighted by atomic mass is 32.1. The molecule has 0 aliphatic carbocycles. The van der Waals surface area contributed by atoms with Crippen molar-refractivity contribution in [3.8, 4) is 6.07 Å². The first-order valence-electron chi connectivity index (χ1n) is 7.13. The summed E-state index contributed by atoms with van der Waals surface area (Å²) in [4.78, 5) is 12.9. The molecule has 3 heterocycles. The van der Waals surface area contributed by atoms with Gasteiger partial charge in [0, 0.05) is 41.8 Å². The first kappa shape index (κ1) is 16.2. The molecule has 2 atom stereocenters. The van der Waals surface area contributed by atoms with Crippen LogP contribution in [-0.4, -0.2) is 20.7 Å². The van der Waals surface area contributed by atoms with Crippen molar-refractivity contribution in [1.29, 1.82) is 5.26 Å². The van der Waals surface area contributed by atoms with Gasteiger partial charge in [0.25, 0.3) is 0 Å². The lowest BCUT2D eigenvalue weighted by molar-refractivity contribution is 0.737. The van der Waals surface area contributed by atoms with E-state index < -0.39 is 5.92 Å². The fraction of sp³-hybridized carbons (Fsp3) is 0.118. The molecule has 1 aliphatic rings. The molecule has 1 aliphatic heterocycles. The fourth-order valence-corrected chi connectivity index (χ4v) is 3.32. The summed E-state index contributed by atoms with van der Waals surface area (Å²) >= 11 is 10.7. The number of aliphatic imine (C=N–C) groups is 1. The Morgan fingerprint density at radius 2 is 1.96 bits per heavy atom. The number of allylic oxidation sites excluding steroid dienone is 1. The Bertz CT molecular complexity index is 869. The van der Waals surface area contributed by atoms with Gasteiger partial charge in [-0.15, -0.1) is 0 Å². The van der Waals surface area contributed by atoms with E-state index in [0.29, 0.717) is 11.3 Å². The molecule has 0 saturated heterocycles. The number of rotatable bonds is 3. The molecule has 3 rings (SSSR count). The van der Waals surface area contributed by atoms with Crippen molar-refractivity contribution in [2.75, 3.05) is 0 Å². The minimum Gasteiger partial charge on any atom is -0.759 e. The van der Waals surface area contributed by atoms with Crippen LogP contribution < -0.4 is 5.73 Å². The van der Waals surface area contributed by atoms with Gasteiger partial charge >= 0.3 is 0 Å². The second-order valence-electron chi connectivity index (χ2n) is 5.21. The van der Waals surface area contributed by atoms with Crippen LogP contribution in [0.4, 0.5) is 0 Å². The van der Waals surface area contributed by atoms with Crippen LogP contribution >= 0.6 is 12.2 Å². The summed E-state index contributed by atoms with van der Waals surface area (Å²) in [5.74, 6) is -0.816. The molecule has 0 fully saturated rings. The van der Waals surface area contributed by atoms with E-state index in [9.17, 15) is 5.26 Å². The molecule has 0 aromatic carbocycles. The average molecular weight is 350 g/mol. The van der Waals surface area contributed by atoms with Crippen molar-refractivity contribution >= 4 is 35.5 Å². The molecular formula is C17H12N5S2-. The van der Waals surface area contributed by atoms with Crippen LogP contribution in [0.15, 0.2) is 64.6 Å². The number of hydrogen-bond donors (Lipinski definition) is 1. The van der Waals surface area contributed by atoms with Gasteiger partial charge in [0.2, 0.25) is 0 Å². The second kappa shape index (κ2) is 6.83. The fourth-order valence-electron chi connectivity index (χ4n) is 2.80. The summed E-state index contributed by atoms with van der Waals surface area (Å²) < 4.78 is 0. The number of thiocarbonyl (C=S) groups is 1. The van der Waals surface area contributed by atoms with Gasteiger partial charge < -0.3 is 18.4 Å². The normalized spacial score (nSPS) is 20.2. The lowest BCUT2D eigenvalue weighted by Gasteiger charge is -2.34. The van der Waals surface area contributed by atoms with Crippen molar-refractivity contribution in [1.82, 2.24) is 9.97 Å². The maximum Gasteiger partial charge on any atom is 0.0953 e. The van der Waals surface area contributed by atoms with Crippen LogP contribution in [0.1, 0.15) is 17.0 Å². The summed E-state index contributed by atoms with van der Waals surface area (Å²) in [5.41, 5.74) is 8.72. The van der Waals surface area contributed by atoms with Gasteiger partial charge in [0.15, 0.2) is 0 Å². The van der Waals surface area contributed by atoms with E-state index in [2.05, 4.69) is 21.0 Å². The Kier molecular flexibility index (Phi) is 4.60. The molecule has 24 heavy (non-hydrogen) atoms. The Labute approximate surface area is 150 Å². The number of pyridine rings is 2. The standard InChI is InChI=1S/C17H13N5S2/c18-8-12-13(10-3-6-20-7-4-10)14(16(19)23)15(22-17(12)24)11-2-1-5-21-9-11/h1-7,9,13-14,24H,(H2,19,23)/p-1/t13-,14?/m1/s1. The molecule has 7 heteroatoms. The van der Waals surface area contributed by atoms with E-state index in [-0.39, 0.29) is 15.9 Å². The summed E-state index contributed by atoms with van der Waals surface area (Å²) in [5, 5.41) is 9.85. The molecule has 5 nitrogen and oxygen atoms in total. The molecular weight excluding hydrogens is 338 g/mol. The van der Waals surface area contributed by atoms with E-state index >= 15 is 0 Å². The zero-order valence-electron chi connectivity index (χ0n) is 12.5. The Balaban J connectivity index is 2.23. The topological polar surface area (TPSA) is 88.0 Å². The molecule has 0 spiro atoms. The number of nitrogens with zero attached hydrogens (tertiary/aromatic N) is 4. The SMILES string of the molecule is N#CC1=C([S-])N=C(c2cccnc2)C(C(N)=S)[C@@H]1c1ccncc1. The number of aromatic nitrogens is 2. The minimum atomic E-state index is -0.437. The summed E-state index contributed by atoms with van der Waals surface area (Å²) in [6.45, 7) is 0. The molecule has 0 saturated carbocycles. The first-order valence-corrected chi connectivity index (χ1v) is 7.94. The van der Waals surface area contributed by atoms with Crippen LogP contribution in [0.25, 0.3) is 0 Å². The molecule has 1 unspecified atom stereocenters. The molecule has 118 valence electrons. The highest BCUT2D eigenvalue weighted by molar-refractivity contribution is 7.80. The summed E-state index contributed by atoms with van der Waals surface area (Å²) in [6, 6.07) is 9.53. The lowest BCUT2D eigenvalue weighted by Crippen LogP contribution is -2.37. The van der Waals surface area contributed by atoms with Gasteiger partial charge in [-0.25, -0.2) is 0 Å². The number of hydrogen-bond acceptors (Lipinski definition) is 6. The van der Waals surface area contributed by atoms with Crippen LogP contribution in [-0.2, 0) is 12.6 Å². The number of nitriles is 1. The quantitative estimate of drug-likeness (QED) is 0.675. The minimum absolute atomic E-state index is 0.255. The second-order valence-corrected chi connectivity index (χ2v) is 6.07. The molecule has 2 aromatic rings. The Morgan fingerprint density at radius 1 is 1.21 bits per heavy atom. The van der Waals surface area contributed by atoms with Gasteiger partial charge in [-0.2, -0.15) is 5.26 Å². The van der Waals surface area contributed by atoms with Crippen LogP contribution in [0.3, 0.4) is 0 Å². The summed E-state index contributed by atoms with van der Waals surface area (Å²) in [6.07, 6.45) is 6.70. The zero-order chi connectivity index (χ0) is 17.1. The van der Waals surface area contributed by atoms with E-state index in [1.54, 1.807) is 24.8 Å². The van der Waals surface area contributed by atoms with Gasteiger partial charge in [0.1, 0.15) is 0 Å². The van der Waals surface area contributed by atoms with Gasteiger partial charge in [-0.3, -0.25) is 15.0 Å². The third-order valence-corrected chi connectivity index (χ3v) is 4.41. The first-order chi connectivity index (χ1) is 11.6. The van der Waals surface area contributed by atoms with E-state index in [1.807, 2.05) is 24.3 Å². The maximum absolute atomic E-state index is 9.59. The zero-order valence-corrected chi connectivity index (χ0v) is 14.1. The highest BCUT2D eigenvalue weighted by Gasteiger charge is 2.36. The lowest BCUT2D eigenvalue weighted by atomic mass is 9.76. The van der Waals surface area contributed by atoms with Crippen molar-refractivity contribution < 1.29 is 0 Å². The van der Waals surface area contributed by atoms with Crippen molar-refractivity contribution in [2.24, 2.45) is 16.6 Å². The molecule has 0 radical (unpaired) electrons. The Hall–Kier alpha value is -2.69. The van der Waals surface area contributed by atoms with Crippen LogP contribution in [0.5, 0.6) is 0 Å². The molecule has 0 bridgehead atoms. The van der Waals surface area contributed by atoms with Gasteiger partial charge in [-0.1, -0.05) is 23.3 Å². The van der Waals surface area contributed by atoms with E-state index in [1.165, 1.54) is 0 Å². The smallest absolute Gasteiger partial charge is 0.0953 e. The number of nitrogens with two attached hydrogens (primary N) is 1. The third kappa shape index (κ3) is 2.89. The van der Waals surface area contributed by atoms with Gasteiger partial charge in [-0.05, 0) is 23.8 Å². The average Bonchev–Trinajstić information content (AvgIpc) is 2.62. The van der Waals surface area contributed by atoms with E-state index in [0.717, 1.165) is 11.1 Å². The van der Waals surface area contributed by atoms with Crippen molar-refractivity contribution in [3.05, 3.63) is 70.8 Å². The maximum atomic E-state index is 9.59. The highest BCUT2D eigenvalue weighted by Crippen LogP contribution is 2.39. The van der Waals surface area contributed by atoms with Crippen molar-refractivity contribution in [3.63, 3.8) is 0 Å². The largest absolute Gasteiger partial charge is 0.759 e. The van der Waals surface area contributed by atoms with Crippen LogP contribution in [0.2, 0.25) is 0 Å². The molecule has 2 aromatic heterocycles.